The van der Waals surface area contributed by atoms with Gasteiger partial charge in [-0.3, -0.25) is 0 Å². The second-order valence-electron chi connectivity index (χ2n) is 14.2. The fraction of sp³-hybridized carbons (Fsp3) is 0. The van der Waals surface area contributed by atoms with Gasteiger partial charge < -0.3 is 13.9 Å². The zero-order chi connectivity index (χ0) is 37.7. The van der Waals surface area contributed by atoms with E-state index in [-0.39, 0.29) is 0 Å². The summed E-state index contributed by atoms with van der Waals surface area (Å²) in [6.07, 6.45) is 0. The molecule has 11 aromatic rings. The van der Waals surface area contributed by atoms with Crippen molar-refractivity contribution in [3.05, 3.63) is 206 Å². The summed E-state index contributed by atoms with van der Waals surface area (Å²) in [7, 11) is 0. The van der Waals surface area contributed by atoms with Gasteiger partial charge in [-0.05, 0) is 66.7 Å². The third-order valence-corrected chi connectivity index (χ3v) is 10.8. The molecule has 0 aliphatic heterocycles. The molecule has 3 aromatic heterocycles. The van der Waals surface area contributed by atoms with E-state index < -0.39 is 0 Å². The molecule has 57 heavy (non-hydrogen) atoms. The first kappa shape index (κ1) is 32.7. The lowest BCUT2D eigenvalue weighted by Crippen LogP contribution is -2.10. The van der Waals surface area contributed by atoms with Gasteiger partial charge in [-0.25, -0.2) is 9.97 Å². The van der Waals surface area contributed by atoms with Gasteiger partial charge in [-0.2, -0.15) is 0 Å². The minimum Gasteiger partial charge on any atom is -0.456 e. The zero-order valence-electron chi connectivity index (χ0n) is 30.8. The fourth-order valence-corrected chi connectivity index (χ4v) is 8.20. The van der Waals surface area contributed by atoms with E-state index in [1.165, 1.54) is 21.8 Å². The van der Waals surface area contributed by atoms with Crippen LogP contribution in [0.25, 0.3) is 83.3 Å². The van der Waals surface area contributed by atoms with Crippen molar-refractivity contribution < 1.29 is 4.42 Å². The Kier molecular flexibility index (Phi) is 7.74. The molecule has 11 rings (SSSR count). The van der Waals surface area contributed by atoms with E-state index in [9.17, 15) is 0 Å². The molecule has 0 aliphatic rings. The first-order valence-corrected chi connectivity index (χ1v) is 19.2. The molecule has 0 saturated heterocycles. The molecule has 0 fully saturated rings. The number of para-hydroxylation sites is 4. The van der Waals surface area contributed by atoms with Crippen LogP contribution < -0.4 is 4.90 Å². The monoisotopic (exact) mass is 730 g/mol. The molecule has 0 N–H and O–H groups in total. The average Bonchev–Trinajstić information content (AvgIpc) is 3.83. The van der Waals surface area contributed by atoms with Crippen LogP contribution in [0.3, 0.4) is 0 Å². The van der Waals surface area contributed by atoms with Gasteiger partial charge in [0.25, 0.3) is 0 Å². The maximum Gasteiger partial charge on any atom is 0.161 e. The Morgan fingerprint density at radius 2 is 0.912 bits per heavy atom. The van der Waals surface area contributed by atoms with Gasteiger partial charge in [0.2, 0.25) is 0 Å². The molecule has 0 radical (unpaired) electrons. The minimum absolute atomic E-state index is 0.628. The number of benzene rings is 8. The Bertz CT molecular complexity index is 3110. The number of hydrogen-bond acceptors (Lipinski definition) is 4. The predicted octanol–water partition coefficient (Wildman–Crippen LogP) is 13.9. The molecule has 0 spiro atoms. The summed E-state index contributed by atoms with van der Waals surface area (Å²) in [6.45, 7) is 0. The summed E-state index contributed by atoms with van der Waals surface area (Å²) >= 11 is 0. The van der Waals surface area contributed by atoms with Crippen LogP contribution in [-0.4, -0.2) is 14.5 Å². The number of fused-ring (bicyclic) bond motifs is 6. The van der Waals surface area contributed by atoms with Crippen LogP contribution in [0.15, 0.2) is 211 Å². The van der Waals surface area contributed by atoms with Crippen LogP contribution in [0.4, 0.5) is 17.1 Å². The Morgan fingerprint density at radius 1 is 0.404 bits per heavy atom. The second-order valence-corrected chi connectivity index (χ2v) is 14.2. The quantitative estimate of drug-likeness (QED) is 0.164. The van der Waals surface area contributed by atoms with Crippen LogP contribution in [0.2, 0.25) is 0 Å². The highest BCUT2D eigenvalue weighted by atomic mass is 16.3. The standard InChI is InChI=1S/C52H34N4O/c1-4-16-35(17-5-1)45-34-46(36-18-6-2-7-19-36)54-52(53-45)44-32-40(33-50-51(44)43-24-12-15-27-49(43)57-50)55(37-20-8-3-9-21-37)38-28-30-39(31-29-38)56-47-25-13-10-22-41(47)42-23-11-14-26-48(42)56/h1-34H. The number of nitrogens with zero attached hydrogens (tertiary/aromatic N) is 4. The first-order valence-electron chi connectivity index (χ1n) is 19.2. The Morgan fingerprint density at radius 3 is 1.53 bits per heavy atom. The SMILES string of the molecule is c1ccc(-c2cc(-c3ccccc3)nc(-c3cc(N(c4ccccc4)c4ccc(-n5c6ccccc6c6ccccc65)cc4)cc4oc5ccccc5c34)n2)cc1. The van der Waals surface area contributed by atoms with E-state index in [2.05, 4.69) is 167 Å². The van der Waals surface area contributed by atoms with Crippen LogP contribution >= 0.6 is 0 Å². The first-order chi connectivity index (χ1) is 28.3. The molecule has 268 valence electrons. The lowest BCUT2D eigenvalue weighted by molar-refractivity contribution is 0.669. The van der Waals surface area contributed by atoms with Crippen molar-refractivity contribution in [3.63, 3.8) is 0 Å². The van der Waals surface area contributed by atoms with Gasteiger partial charge in [0.15, 0.2) is 5.82 Å². The molecule has 0 atom stereocenters. The van der Waals surface area contributed by atoms with Crippen molar-refractivity contribution >= 4 is 60.8 Å². The van der Waals surface area contributed by atoms with E-state index in [0.717, 1.165) is 72.8 Å². The zero-order valence-corrected chi connectivity index (χ0v) is 30.8. The van der Waals surface area contributed by atoms with E-state index >= 15 is 0 Å². The largest absolute Gasteiger partial charge is 0.456 e. The molecular formula is C52H34N4O. The van der Waals surface area contributed by atoms with Crippen molar-refractivity contribution in [2.75, 3.05) is 4.90 Å². The number of aromatic nitrogens is 3. The third-order valence-electron chi connectivity index (χ3n) is 10.8. The molecule has 8 aromatic carbocycles. The van der Waals surface area contributed by atoms with Crippen molar-refractivity contribution in [1.82, 2.24) is 14.5 Å². The molecule has 0 amide bonds. The molecule has 0 unspecified atom stereocenters. The number of rotatable bonds is 7. The van der Waals surface area contributed by atoms with E-state index in [4.69, 9.17) is 14.4 Å². The topological polar surface area (TPSA) is 47.1 Å². The van der Waals surface area contributed by atoms with Gasteiger partial charge in [0.1, 0.15) is 11.2 Å². The summed E-state index contributed by atoms with van der Waals surface area (Å²) in [5.41, 5.74) is 12.6. The van der Waals surface area contributed by atoms with E-state index in [0.29, 0.717) is 5.82 Å². The third kappa shape index (κ3) is 5.64. The number of furan rings is 1. The molecular weight excluding hydrogens is 697 g/mol. The van der Waals surface area contributed by atoms with Gasteiger partial charge in [-0.1, -0.05) is 133 Å². The highest BCUT2D eigenvalue weighted by molar-refractivity contribution is 6.13. The molecule has 0 saturated carbocycles. The van der Waals surface area contributed by atoms with Crippen molar-refractivity contribution in [2.45, 2.75) is 0 Å². The van der Waals surface area contributed by atoms with Crippen LogP contribution in [0, 0.1) is 0 Å². The lowest BCUT2D eigenvalue weighted by Gasteiger charge is -2.26. The number of hydrogen-bond donors (Lipinski definition) is 0. The van der Waals surface area contributed by atoms with Gasteiger partial charge >= 0.3 is 0 Å². The van der Waals surface area contributed by atoms with Crippen LogP contribution in [-0.2, 0) is 0 Å². The van der Waals surface area contributed by atoms with Crippen molar-refractivity contribution in [3.8, 4) is 39.6 Å². The second kappa shape index (κ2) is 13.5. The maximum absolute atomic E-state index is 6.67. The summed E-state index contributed by atoms with van der Waals surface area (Å²) in [5.74, 6) is 0.628. The Hall–Kier alpha value is -7.76. The van der Waals surface area contributed by atoms with Gasteiger partial charge in [0.05, 0.1) is 28.1 Å². The Balaban J connectivity index is 1.13. The van der Waals surface area contributed by atoms with Crippen LogP contribution in [0.1, 0.15) is 0 Å². The van der Waals surface area contributed by atoms with Gasteiger partial charge in [-0.15, -0.1) is 0 Å². The number of anilines is 3. The highest BCUT2D eigenvalue weighted by Gasteiger charge is 2.22. The molecule has 5 heteroatoms. The highest BCUT2D eigenvalue weighted by Crippen LogP contribution is 2.44. The maximum atomic E-state index is 6.67. The summed E-state index contributed by atoms with van der Waals surface area (Å²) in [5, 5.41) is 4.48. The molecule has 0 bridgehead atoms. The Labute approximate surface area is 329 Å². The summed E-state index contributed by atoms with van der Waals surface area (Å²) in [6, 6.07) is 71.8. The normalized spacial score (nSPS) is 11.5. The molecule has 5 nitrogen and oxygen atoms in total. The predicted molar refractivity (Wildman–Crippen MR) is 235 cm³/mol. The van der Waals surface area contributed by atoms with Crippen LogP contribution in [0.5, 0.6) is 0 Å². The summed E-state index contributed by atoms with van der Waals surface area (Å²) in [4.78, 5) is 12.9. The van der Waals surface area contributed by atoms with E-state index in [1.807, 2.05) is 48.5 Å². The lowest BCUT2D eigenvalue weighted by atomic mass is 10.0. The van der Waals surface area contributed by atoms with Gasteiger partial charge in [0, 0.05) is 61.4 Å². The smallest absolute Gasteiger partial charge is 0.161 e. The van der Waals surface area contributed by atoms with Crippen molar-refractivity contribution in [1.29, 1.82) is 0 Å². The molecule has 3 heterocycles. The van der Waals surface area contributed by atoms with E-state index in [1.54, 1.807) is 0 Å². The van der Waals surface area contributed by atoms with Crippen molar-refractivity contribution in [2.24, 2.45) is 0 Å². The minimum atomic E-state index is 0.628. The molecule has 0 aliphatic carbocycles. The summed E-state index contributed by atoms with van der Waals surface area (Å²) < 4.78 is 9.02. The fourth-order valence-electron chi connectivity index (χ4n) is 8.20. The average molecular weight is 731 g/mol.